The van der Waals surface area contributed by atoms with E-state index in [2.05, 4.69) is 4.99 Å². The highest BCUT2D eigenvalue weighted by atomic mass is 79.9. The number of aliphatic hydroxyl groups is 1. The predicted octanol–water partition coefficient (Wildman–Crippen LogP) is 3.15. The molecule has 0 saturated heterocycles. The molecule has 0 amide bonds. The molecule has 1 heterocycles. The Morgan fingerprint density at radius 1 is 1.39 bits per heavy atom. The molecule has 0 fully saturated rings. The molecule has 0 spiro atoms. The molecule has 1 aromatic heterocycles. The summed E-state index contributed by atoms with van der Waals surface area (Å²) >= 11 is 1.29. The summed E-state index contributed by atoms with van der Waals surface area (Å²) < 4.78 is 6.93. The van der Waals surface area contributed by atoms with E-state index in [9.17, 15) is 9.90 Å². The van der Waals surface area contributed by atoms with Gasteiger partial charge in [-0.3, -0.25) is 0 Å². The van der Waals surface area contributed by atoms with Crippen LogP contribution < -0.4 is 4.80 Å². The summed E-state index contributed by atoms with van der Waals surface area (Å²) in [4.78, 5) is 17.8. The lowest BCUT2D eigenvalue weighted by Crippen LogP contribution is -2.18. The Morgan fingerprint density at radius 3 is 2.74 bits per heavy atom. The van der Waals surface area contributed by atoms with Crippen LogP contribution in [0.3, 0.4) is 0 Å². The van der Waals surface area contributed by atoms with E-state index in [1.54, 1.807) is 6.92 Å². The maximum atomic E-state index is 12.0. The van der Waals surface area contributed by atoms with Crippen molar-refractivity contribution in [3.05, 3.63) is 45.2 Å². The number of carbonyl (C=O) groups is 1. The van der Waals surface area contributed by atoms with Crippen molar-refractivity contribution in [3.8, 4) is 0 Å². The maximum Gasteiger partial charge on any atom is 0.350 e. The Balaban J connectivity index is 0.00000264. The molecule has 2 rings (SSSR count). The lowest BCUT2D eigenvalue weighted by molar-refractivity contribution is 0.0530. The first-order valence-electron chi connectivity index (χ1n) is 7.16. The van der Waals surface area contributed by atoms with Crippen molar-refractivity contribution >= 4 is 40.0 Å². The minimum absolute atomic E-state index is 0. The van der Waals surface area contributed by atoms with Crippen LogP contribution in [0.2, 0.25) is 0 Å². The van der Waals surface area contributed by atoms with Crippen molar-refractivity contribution in [2.24, 2.45) is 4.99 Å². The van der Waals surface area contributed by atoms with Crippen LogP contribution in [0.25, 0.3) is 0 Å². The number of thiazole rings is 1. The number of halogens is 1. The molecule has 0 saturated carbocycles. The molecular formula is C16H21BrN2O3S. The summed E-state index contributed by atoms with van der Waals surface area (Å²) in [6.45, 7) is 6.34. The monoisotopic (exact) mass is 400 g/mol. The van der Waals surface area contributed by atoms with Gasteiger partial charge in [0.25, 0.3) is 0 Å². The highest BCUT2D eigenvalue weighted by Crippen LogP contribution is 2.17. The highest BCUT2D eigenvalue weighted by Gasteiger charge is 2.17. The topological polar surface area (TPSA) is 63.8 Å². The molecule has 23 heavy (non-hydrogen) atoms. The second-order valence-electron chi connectivity index (χ2n) is 4.85. The zero-order chi connectivity index (χ0) is 16.1. The van der Waals surface area contributed by atoms with Gasteiger partial charge in [0.1, 0.15) is 4.88 Å². The van der Waals surface area contributed by atoms with Crippen LogP contribution in [-0.4, -0.2) is 28.9 Å². The van der Waals surface area contributed by atoms with Crippen LogP contribution in [0.1, 0.15) is 27.9 Å². The minimum Gasteiger partial charge on any atom is -0.462 e. The van der Waals surface area contributed by atoms with Gasteiger partial charge in [-0.2, -0.15) is 0 Å². The molecule has 2 aromatic rings. The van der Waals surface area contributed by atoms with Crippen LogP contribution in [0.15, 0.2) is 29.3 Å². The number of benzene rings is 1. The van der Waals surface area contributed by atoms with Crippen molar-refractivity contribution in [3.63, 3.8) is 0 Å². The molecule has 5 nitrogen and oxygen atoms in total. The Morgan fingerprint density at radius 2 is 2.13 bits per heavy atom. The third kappa shape index (κ3) is 4.76. The highest BCUT2D eigenvalue weighted by molar-refractivity contribution is 8.93. The average molecular weight is 401 g/mol. The van der Waals surface area contributed by atoms with E-state index in [-0.39, 0.29) is 29.6 Å². The van der Waals surface area contributed by atoms with Gasteiger partial charge in [-0.1, -0.05) is 23.5 Å². The fraction of sp³-hybridized carbons (Fsp3) is 0.375. The van der Waals surface area contributed by atoms with E-state index in [0.717, 1.165) is 16.9 Å². The van der Waals surface area contributed by atoms with Crippen LogP contribution in [0.5, 0.6) is 0 Å². The molecule has 0 bridgehead atoms. The molecule has 0 aliphatic heterocycles. The SMILES string of the molecule is Br.CCOC(=O)c1sc(=Nc2cccc(C)c2)n(CCO)c1C. The van der Waals surface area contributed by atoms with Crippen LogP contribution >= 0.6 is 28.3 Å². The van der Waals surface area contributed by atoms with Gasteiger partial charge < -0.3 is 14.4 Å². The van der Waals surface area contributed by atoms with E-state index < -0.39 is 0 Å². The first kappa shape index (κ1) is 19.6. The quantitative estimate of drug-likeness (QED) is 0.783. The van der Waals surface area contributed by atoms with Gasteiger partial charge in [-0.05, 0) is 38.5 Å². The Hall–Kier alpha value is -1.44. The van der Waals surface area contributed by atoms with Crippen LogP contribution in [-0.2, 0) is 11.3 Å². The average Bonchev–Trinajstić information content (AvgIpc) is 2.77. The van der Waals surface area contributed by atoms with E-state index in [0.29, 0.717) is 22.8 Å². The minimum atomic E-state index is -0.345. The summed E-state index contributed by atoms with van der Waals surface area (Å²) in [6.07, 6.45) is 0. The lowest BCUT2D eigenvalue weighted by Gasteiger charge is -2.04. The van der Waals surface area contributed by atoms with Gasteiger partial charge in [0, 0.05) is 12.2 Å². The number of rotatable bonds is 5. The van der Waals surface area contributed by atoms with Gasteiger partial charge in [0.2, 0.25) is 0 Å². The van der Waals surface area contributed by atoms with Crippen LogP contribution in [0, 0.1) is 13.8 Å². The molecule has 0 radical (unpaired) electrons. The number of aromatic nitrogens is 1. The molecule has 126 valence electrons. The maximum absolute atomic E-state index is 12.0. The summed E-state index contributed by atoms with van der Waals surface area (Å²) in [6, 6.07) is 7.83. The predicted molar refractivity (Wildman–Crippen MR) is 96.8 cm³/mol. The van der Waals surface area contributed by atoms with Gasteiger partial charge >= 0.3 is 5.97 Å². The number of hydrogen-bond donors (Lipinski definition) is 1. The number of hydrogen-bond acceptors (Lipinski definition) is 5. The summed E-state index contributed by atoms with van der Waals surface area (Å²) in [5.41, 5.74) is 2.71. The molecule has 0 unspecified atom stereocenters. The summed E-state index contributed by atoms with van der Waals surface area (Å²) in [5.74, 6) is -0.345. The summed E-state index contributed by atoms with van der Waals surface area (Å²) in [7, 11) is 0. The zero-order valence-corrected chi connectivity index (χ0v) is 15.9. The Labute approximate surface area is 150 Å². The second kappa shape index (κ2) is 9.00. The zero-order valence-electron chi connectivity index (χ0n) is 13.4. The fourth-order valence-corrected chi connectivity index (χ4v) is 3.20. The molecule has 1 N–H and O–H groups in total. The number of esters is 1. The van der Waals surface area contributed by atoms with Gasteiger partial charge in [0.15, 0.2) is 4.80 Å². The second-order valence-corrected chi connectivity index (χ2v) is 5.82. The number of aliphatic hydroxyl groups excluding tert-OH is 1. The first-order chi connectivity index (χ1) is 10.6. The van der Waals surface area contributed by atoms with E-state index in [4.69, 9.17) is 4.74 Å². The molecule has 0 aliphatic rings. The number of aryl methyl sites for hydroxylation is 1. The third-order valence-electron chi connectivity index (χ3n) is 3.17. The van der Waals surface area contributed by atoms with Crippen molar-refractivity contribution < 1.29 is 14.6 Å². The molecule has 0 atom stereocenters. The number of ether oxygens (including phenoxy) is 1. The standard InChI is InChI=1S/C16H20N2O3S.BrH/c1-4-21-15(20)14-12(3)18(8-9-19)16(22-14)17-13-7-5-6-11(2)10-13;/h5-7,10,19H,4,8-9H2,1-3H3;1H. The van der Waals surface area contributed by atoms with E-state index in [1.165, 1.54) is 11.3 Å². The van der Waals surface area contributed by atoms with Gasteiger partial charge in [0.05, 0.1) is 18.9 Å². The Bertz CT molecular complexity index is 737. The molecular weight excluding hydrogens is 380 g/mol. The largest absolute Gasteiger partial charge is 0.462 e. The van der Waals surface area contributed by atoms with Crippen molar-refractivity contribution in [1.29, 1.82) is 0 Å². The smallest absolute Gasteiger partial charge is 0.350 e. The molecule has 7 heteroatoms. The summed E-state index contributed by atoms with van der Waals surface area (Å²) in [5, 5.41) is 9.26. The van der Waals surface area contributed by atoms with E-state index in [1.807, 2.05) is 42.7 Å². The first-order valence-corrected chi connectivity index (χ1v) is 7.98. The van der Waals surface area contributed by atoms with Crippen molar-refractivity contribution in [2.75, 3.05) is 13.2 Å². The molecule has 1 aromatic carbocycles. The van der Waals surface area contributed by atoms with Gasteiger partial charge in [-0.15, -0.1) is 17.0 Å². The lowest BCUT2D eigenvalue weighted by atomic mass is 10.2. The van der Waals surface area contributed by atoms with E-state index >= 15 is 0 Å². The van der Waals surface area contributed by atoms with Crippen molar-refractivity contribution in [2.45, 2.75) is 27.3 Å². The number of carbonyl (C=O) groups excluding carboxylic acids is 1. The van der Waals surface area contributed by atoms with Gasteiger partial charge in [-0.25, -0.2) is 9.79 Å². The fourth-order valence-electron chi connectivity index (χ4n) is 2.13. The Kier molecular flexibility index (Phi) is 7.67. The molecule has 0 aliphatic carbocycles. The van der Waals surface area contributed by atoms with Crippen LogP contribution in [0.4, 0.5) is 5.69 Å². The normalized spacial score (nSPS) is 11.2. The third-order valence-corrected chi connectivity index (χ3v) is 4.33. The number of nitrogens with zero attached hydrogens (tertiary/aromatic N) is 2. The van der Waals surface area contributed by atoms with Crippen molar-refractivity contribution in [1.82, 2.24) is 4.57 Å².